The van der Waals surface area contributed by atoms with Gasteiger partial charge in [0.25, 0.3) is 5.91 Å². The lowest BCUT2D eigenvalue weighted by atomic mass is 10.2. The minimum Gasteiger partial charge on any atom is -0.333 e. The van der Waals surface area contributed by atoms with Crippen LogP contribution in [0.5, 0.6) is 0 Å². The molecule has 0 radical (unpaired) electrons. The van der Waals surface area contributed by atoms with Crippen LogP contribution < -0.4 is 5.32 Å². The van der Waals surface area contributed by atoms with Gasteiger partial charge in [-0.2, -0.15) is 0 Å². The molecule has 1 amide bonds. The largest absolute Gasteiger partial charge is 0.333 e. The molecule has 0 saturated carbocycles. The number of fused-ring (bicyclic) bond motifs is 1. The van der Waals surface area contributed by atoms with Crippen molar-refractivity contribution in [3.8, 4) is 0 Å². The van der Waals surface area contributed by atoms with E-state index in [1.807, 2.05) is 48.3 Å². The van der Waals surface area contributed by atoms with Crippen molar-refractivity contribution in [3.63, 3.8) is 0 Å². The Labute approximate surface area is 118 Å². The number of pyridine rings is 1. The maximum atomic E-state index is 12.6. The molecule has 1 aromatic heterocycles. The molecular formula is C16H19N3O. The van der Waals surface area contributed by atoms with Gasteiger partial charge in [-0.1, -0.05) is 24.3 Å². The van der Waals surface area contributed by atoms with E-state index >= 15 is 0 Å². The number of likely N-dealkylation sites (tertiary alicyclic amines) is 1. The van der Waals surface area contributed by atoms with E-state index < -0.39 is 0 Å². The second-order valence-electron chi connectivity index (χ2n) is 5.24. The molecule has 1 aromatic carbocycles. The van der Waals surface area contributed by atoms with Crippen molar-refractivity contribution in [1.29, 1.82) is 0 Å². The second kappa shape index (κ2) is 5.59. The monoisotopic (exact) mass is 269 g/mol. The molecule has 1 aliphatic rings. The van der Waals surface area contributed by atoms with Crippen LogP contribution in [0.15, 0.2) is 36.4 Å². The standard InChI is InChI=1S/C16H19N3O/c1-17-11-13-6-4-10-19(13)16(20)15-9-8-12-5-2-3-7-14(12)18-15/h2-3,5,7-9,13,17H,4,6,10-11H2,1H3. The van der Waals surface area contributed by atoms with Crippen molar-refractivity contribution in [2.24, 2.45) is 0 Å². The summed E-state index contributed by atoms with van der Waals surface area (Å²) in [6.07, 6.45) is 2.14. The molecule has 1 atom stereocenters. The van der Waals surface area contributed by atoms with Crippen LogP contribution in [-0.2, 0) is 0 Å². The number of amides is 1. The van der Waals surface area contributed by atoms with Crippen molar-refractivity contribution >= 4 is 16.8 Å². The molecule has 2 heterocycles. The normalized spacial score (nSPS) is 18.6. The third-order valence-corrected chi connectivity index (χ3v) is 3.90. The predicted octanol–water partition coefficient (Wildman–Crippen LogP) is 2.06. The van der Waals surface area contributed by atoms with E-state index in [9.17, 15) is 4.79 Å². The van der Waals surface area contributed by atoms with E-state index in [0.717, 1.165) is 36.8 Å². The van der Waals surface area contributed by atoms with Gasteiger partial charge in [-0.05, 0) is 32.0 Å². The fourth-order valence-corrected chi connectivity index (χ4v) is 2.88. The Morgan fingerprint density at radius 2 is 2.20 bits per heavy atom. The molecule has 20 heavy (non-hydrogen) atoms. The molecule has 1 N–H and O–H groups in total. The van der Waals surface area contributed by atoms with Crippen LogP contribution in [0.3, 0.4) is 0 Å². The van der Waals surface area contributed by atoms with Crippen molar-refractivity contribution in [3.05, 3.63) is 42.1 Å². The van der Waals surface area contributed by atoms with Crippen LogP contribution in [0.1, 0.15) is 23.3 Å². The van der Waals surface area contributed by atoms with E-state index in [1.165, 1.54) is 0 Å². The average molecular weight is 269 g/mol. The number of carbonyl (C=O) groups excluding carboxylic acids is 1. The summed E-state index contributed by atoms with van der Waals surface area (Å²) in [4.78, 5) is 19.1. The molecule has 0 spiro atoms. The number of aromatic nitrogens is 1. The predicted molar refractivity (Wildman–Crippen MR) is 79.7 cm³/mol. The summed E-state index contributed by atoms with van der Waals surface area (Å²) in [6, 6.07) is 12.0. The van der Waals surface area contributed by atoms with Crippen LogP contribution in [0.25, 0.3) is 10.9 Å². The average Bonchev–Trinajstić information content (AvgIpc) is 2.94. The number of benzene rings is 1. The quantitative estimate of drug-likeness (QED) is 0.927. The summed E-state index contributed by atoms with van der Waals surface area (Å²) >= 11 is 0. The number of nitrogens with one attached hydrogen (secondary N) is 1. The minimum atomic E-state index is 0.0495. The molecule has 1 unspecified atom stereocenters. The molecule has 0 bridgehead atoms. The summed E-state index contributed by atoms with van der Waals surface area (Å²) in [6.45, 7) is 1.68. The zero-order valence-electron chi connectivity index (χ0n) is 11.7. The summed E-state index contributed by atoms with van der Waals surface area (Å²) in [5.41, 5.74) is 1.43. The van der Waals surface area contributed by atoms with Crippen molar-refractivity contribution in [1.82, 2.24) is 15.2 Å². The molecule has 3 rings (SSSR count). The zero-order chi connectivity index (χ0) is 13.9. The molecule has 1 aliphatic heterocycles. The lowest BCUT2D eigenvalue weighted by Gasteiger charge is -2.24. The van der Waals surface area contributed by atoms with Gasteiger partial charge in [0.1, 0.15) is 5.69 Å². The van der Waals surface area contributed by atoms with Gasteiger partial charge in [0.15, 0.2) is 0 Å². The Hall–Kier alpha value is -1.94. The van der Waals surface area contributed by atoms with Gasteiger partial charge in [-0.25, -0.2) is 4.98 Å². The first-order valence-electron chi connectivity index (χ1n) is 7.11. The number of likely N-dealkylation sites (N-methyl/N-ethyl adjacent to an activating group) is 1. The van der Waals surface area contributed by atoms with E-state index in [1.54, 1.807) is 0 Å². The van der Waals surface area contributed by atoms with E-state index in [0.29, 0.717) is 11.7 Å². The second-order valence-corrected chi connectivity index (χ2v) is 5.24. The first-order chi connectivity index (χ1) is 9.79. The van der Waals surface area contributed by atoms with Crippen molar-refractivity contribution in [2.75, 3.05) is 20.1 Å². The molecule has 1 fully saturated rings. The van der Waals surface area contributed by atoms with Gasteiger partial charge in [0, 0.05) is 24.5 Å². The Morgan fingerprint density at radius 1 is 1.35 bits per heavy atom. The van der Waals surface area contributed by atoms with Crippen LogP contribution in [0.2, 0.25) is 0 Å². The first-order valence-corrected chi connectivity index (χ1v) is 7.11. The van der Waals surface area contributed by atoms with Gasteiger partial charge in [0.2, 0.25) is 0 Å². The smallest absolute Gasteiger partial charge is 0.272 e. The number of hydrogen-bond acceptors (Lipinski definition) is 3. The van der Waals surface area contributed by atoms with E-state index in [4.69, 9.17) is 0 Å². The maximum Gasteiger partial charge on any atom is 0.272 e. The number of para-hydroxylation sites is 1. The van der Waals surface area contributed by atoms with E-state index in [-0.39, 0.29) is 5.91 Å². The van der Waals surface area contributed by atoms with Crippen LogP contribution in [0, 0.1) is 0 Å². The fraction of sp³-hybridized carbons (Fsp3) is 0.375. The minimum absolute atomic E-state index is 0.0495. The Morgan fingerprint density at radius 3 is 3.05 bits per heavy atom. The molecular weight excluding hydrogens is 250 g/mol. The van der Waals surface area contributed by atoms with Crippen LogP contribution >= 0.6 is 0 Å². The molecule has 0 aliphatic carbocycles. The topological polar surface area (TPSA) is 45.2 Å². The summed E-state index contributed by atoms with van der Waals surface area (Å²) in [5.74, 6) is 0.0495. The number of hydrogen-bond donors (Lipinski definition) is 1. The van der Waals surface area contributed by atoms with Crippen molar-refractivity contribution < 1.29 is 4.79 Å². The SMILES string of the molecule is CNCC1CCCN1C(=O)c1ccc2ccccc2n1. The Kier molecular flexibility index (Phi) is 3.65. The van der Waals surface area contributed by atoms with Gasteiger partial charge < -0.3 is 10.2 Å². The zero-order valence-corrected chi connectivity index (χ0v) is 11.7. The van der Waals surface area contributed by atoms with Gasteiger partial charge >= 0.3 is 0 Å². The van der Waals surface area contributed by atoms with E-state index in [2.05, 4.69) is 10.3 Å². The highest BCUT2D eigenvalue weighted by Crippen LogP contribution is 2.20. The lowest BCUT2D eigenvalue weighted by molar-refractivity contribution is 0.0731. The fourth-order valence-electron chi connectivity index (χ4n) is 2.88. The lowest BCUT2D eigenvalue weighted by Crippen LogP contribution is -2.41. The van der Waals surface area contributed by atoms with Crippen molar-refractivity contribution in [2.45, 2.75) is 18.9 Å². The maximum absolute atomic E-state index is 12.6. The third kappa shape index (κ3) is 2.39. The molecule has 4 heteroatoms. The third-order valence-electron chi connectivity index (χ3n) is 3.90. The van der Waals surface area contributed by atoms with Gasteiger partial charge in [-0.3, -0.25) is 4.79 Å². The number of carbonyl (C=O) groups is 1. The highest BCUT2D eigenvalue weighted by molar-refractivity contribution is 5.95. The van der Waals surface area contributed by atoms with Gasteiger partial charge in [0.05, 0.1) is 5.52 Å². The molecule has 1 saturated heterocycles. The Bertz CT molecular complexity index is 626. The Balaban J connectivity index is 1.88. The highest BCUT2D eigenvalue weighted by Gasteiger charge is 2.29. The summed E-state index contributed by atoms with van der Waals surface area (Å²) in [7, 11) is 1.93. The molecule has 4 nitrogen and oxygen atoms in total. The summed E-state index contributed by atoms with van der Waals surface area (Å²) < 4.78 is 0. The molecule has 2 aromatic rings. The van der Waals surface area contributed by atoms with Crippen LogP contribution in [0.4, 0.5) is 0 Å². The van der Waals surface area contributed by atoms with Crippen LogP contribution in [-0.4, -0.2) is 42.0 Å². The number of nitrogens with zero attached hydrogens (tertiary/aromatic N) is 2. The highest BCUT2D eigenvalue weighted by atomic mass is 16.2. The summed E-state index contributed by atoms with van der Waals surface area (Å²) in [5, 5.41) is 4.23. The molecule has 104 valence electrons. The number of rotatable bonds is 3. The van der Waals surface area contributed by atoms with Gasteiger partial charge in [-0.15, -0.1) is 0 Å². The first kappa shape index (κ1) is 13.1.